The Morgan fingerprint density at radius 3 is 2.68 bits per heavy atom. The average Bonchev–Trinajstić information content (AvgIpc) is 3.36. The van der Waals surface area contributed by atoms with E-state index in [1.807, 2.05) is 53.1 Å². The number of aliphatic hydroxyl groups is 1. The number of para-hydroxylation sites is 1. The van der Waals surface area contributed by atoms with Crippen LogP contribution in [0.5, 0.6) is 0 Å². The molecule has 0 aliphatic carbocycles. The van der Waals surface area contributed by atoms with Crippen LogP contribution in [0, 0.1) is 25.5 Å². The number of halogens is 2. The van der Waals surface area contributed by atoms with Gasteiger partial charge in [0.25, 0.3) is 0 Å². The predicted octanol–water partition coefficient (Wildman–Crippen LogP) is 5.23. The predicted molar refractivity (Wildman–Crippen MR) is 130 cm³/mol. The number of aryl methyl sites for hydroxylation is 2. The summed E-state index contributed by atoms with van der Waals surface area (Å²) in [5, 5.41) is 21.0. The number of nitrogens with one attached hydrogen (secondary N) is 3. The van der Waals surface area contributed by atoms with Gasteiger partial charge in [-0.1, -0.05) is 23.4 Å². The number of aromatic amines is 1. The van der Waals surface area contributed by atoms with Crippen LogP contribution in [0.3, 0.4) is 0 Å². The molecule has 180 valence electrons. The van der Waals surface area contributed by atoms with Crippen LogP contribution in [0.1, 0.15) is 36.4 Å². The molecule has 0 saturated heterocycles. The van der Waals surface area contributed by atoms with Crippen molar-refractivity contribution in [2.24, 2.45) is 0 Å². The van der Waals surface area contributed by atoms with E-state index in [1.54, 1.807) is 12.1 Å². The molecule has 1 unspecified atom stereocenters. The molecule has 3 heterocycles. The molecule has 0 spiro atoms. The first-order chi connectivity index (χ1) is 16.1. The molecule has 1 aliphatic heterocycles. The fraction of sp³-hybridized carbons (Fsp3) is 0.346. The molecular formula is C26H30F2N4O2. The summed E-state index contributed by atoms with van der Waals surface area (Å²) in [5.74, 6) is -0.368. The maximum Gasteiger partial charge on any atom is 0.139 e. The van der Waals surface area contributed by atoms with Crippen molar-refractivity contribution in [2.75, 3.05) is 12.4 Å². The number of rotatable bonds is 3. The monoisotopic (exact) mass is 468 g/mol. The number of H-pyrrole nitrogens is 1. The van der Waals surface area contributed by atoms with Gasteiger partial charge in [0.1, 0.15) is 17.4 Å². The lowest BCUT2D eigenvalue weighted by atomic mass is 9.84. The molecule has 6 nitrogen and oxygen atoms in total. The highest BCUT2D eigenvalue weighted by Crippen LogP contribution is 2.40. The number of anilines is 1. The van der Waals surface area contributed by atoms with E-state index in [9.17, 15) is 9.50 Å². The summed E-state index contributed by atoms with van der Waals surface area (Å²) in [6.07, 6.45) is 1.22. The highest BCUT2D eigenvalue weighted by Gasteiger charge is 2.36. The smallest absolute Gasteiger partial charge is 0.139 e. The maximum absolute atomic E-state index is 15.3. The van der Waals surface area contributed by atoms with Crippen molar-refractivity contribution in [3.8, 4) is 11.1 Å². The quantitative estimate of drug-likeness (QED) is 0.331. The molecule has 8 heteroatoms. The SMILES string of the molecule is CNCc1cc(C)on1.Cc1c[nH]c2c(-c3c(F)cc4c(c3F)CC(O)C(C)(C)N4)cccc12. The molecular weight excluding hydrogens is 438 g/mol. The van der Waals surface area contributed by atoms with Crippen LogP contribution in [-0.2, 0) is 13.0 Å². The molecule has 1 atom stereocenters. The first kappa shape index (κ1) is 23.9. The number of fused-ring (bicyclic) bond motifs is 2. The molecule has 0 radical (unpaired) electrons. The summed E-state index contributed by atoms with van der Waals surface area (Å²) < 4.78 is 34.9. The number of benzene rings is 2. The average molecular weight is 469 g/mol. The van der Waals surface area contributed by atoms with Gasteiger partial charge >= 0.3 is 0 Å². The van der Waals surface area contributed by atoms with E-state index in [0.717, 1.165) is 28.9 Å². The Morgan fingerprint density at radius 1 is 1.24 bits per heavy atom. The Balaban J connectivity index is 0.000000257. The number of hydrogen-bond acceptors (Lipinski definition) is 5. The molecule has 4 aromatic rings. The molecule has 34 heavy (non-hydrogen) atoms. The number of aliphatic hydroxyl groups excluding tert-OH is 1. The van der Waals surface area contributed by atoms with Crippen molar-refractivity contribution in [2.45, 2.75) is 52.3 Å². The third-order valence-electron chi connectivity index (χ3n) is 6.23. The van der Waals surface area contributed by atoms with Crippen LogP contribution in [0.25, 0.3) is 22.0 Å². The van der Waals surface area contributed by atoms with Crippen LogP contribution in [0.2, 0.25) is 0 Å². The van der Waals surface area contributed by atoms with Crippen molar-refractivity contribution < 1.29 is 18.4 Å². The lowest BCUT2D eigenvalue weighted by molar-refractivity contribution is 0.109. The highest BCUT2D eigenvalue weighted by atomic mass is 19.1. The molecule has 5 rings (SSSR count). The largest absolute Gasteiger partial charge is 0.390 e. The first-order valence-corrected chi connectivity index (χ1v) is 11.2. The van der Waals surface area contributed by atoms with Gasteiger partial charge < -0.3 is 25.2 Å². The fourth-order valence-corrected chi connectivity index (χ4v) is 4.28. The summed E-state index contributed by atoms with van der Waals surface area (Å²) >= 11 is 0. The van der Waals surface area contributed by atoms with Gasteiger partial charge in [-0.3, -0.25) is 0 Å². The van der Waals surface area contributed by atoms with Gasteiger partial charge in [-0.2, -0.15) is 0 Å². The van der Waals surface area contributed by atoms with Crippen LogP contribution in [0.4, 0.5) is 14.5 Å². The first-order valence-electron chi connectivity index (χ1n) is 11.2. The number of aromatic nitrogens is 2. The molecule has 2 aromatic carbocycles. The molecule has 0 bridgehead atoms. The lowest BCUT2D eigenvalue weighted by Crippen LogP contribution is -2.48. The van der Waals surface area contributed by atoms with Crippen molar-refractivity contribution in [1.29, 1.82) is 0 Å². The van der Waals surface area contributed by atoms with E-state index in [2.05, 4.69) is 20.8 Å². The standard InChI is InChI=1S/C20H20F2N2O.C6H10N2O/c1-10-9-23-19-11(10)5-4-6-12(19)17-14(21)8-15-13(18(17)22)7-16(25)20(2,3)24-15;1-5-3-6(4-7-2)8-9-5/h4-6,8-9,16,23-25H,7H2,1-3H3;3,7H,4H2,1-2H3. The van der Waals surface area contributed by atoms with Crippen LogP contribution in [-0.4, -0.2) is 33.9 Å². The van der Waals surface area contributed by atoms with Gasteiger partial charge in [-0.05, 0) is 46.4 Å². The summed E-state index contributed by atoms with van der Waals surface area (Å²) in [5.41, 5.74) is 3.21. The van der Waals surface area contributed by atoms with Crippen LogP contribution in [0.15, 0.2) is 41.1 Å². The second-order valence-corrected chi connectivity index (χ2v) is 9.30. The lowest BCUT2D eigenvalue weighted by Gasteiger charge is -2.38. The Labute approximate surface area is 197 Å². The Morgan fingerprint density at radius 2 is 2.00 bits per heavy atom. The number of nitrogens with zero attached hydrogens (tertiary/aromatic N) is 1. The minimum atomic E-state index is -0.753. The molecule has 1 aliphatic rings. The molecule has 0 fully saturated rings. The number of hydrogen-bond donors (Lipinski definition) is 4. The van der Waals surface area contributed by atoms with Crippen molar-refractivity contribution >= 4 is 16.6 Å². The van der Waals surface area contributed by atoms with Gasteiger partial charge in [0, 0.05) is 47.4 Å². The van der Waals surface area contributed by atoms with E-state index < -0.39 is 23.3 Å². The van der Waals surface area contributed by atoms with Gasteiger partial charge in [-0.15, -0.1) is 0 Å². The molecule has 0 saturated carbocycles. The van der Waals surface area contributed by atoms with E-state index >= 15 is 4.39 Å². The minimum absolute atomic E-state index is 0.0556. The minimum Gasteiger partial charge on any atom is -0.390 e. The normalized spacial score (nSPS) is 16.5. The Kier molecular flexibility index (Phi) is 6.47. The molecule has 4 N–H and O–H groups in total. The van der Waals surface area contributed by atoms with Crippen molar-refractivity contribution in [3.63, 3.8) is 0 Å². The zero-order chi connectivity index (χ0) is 24.6. The van der Waals surface area contributed by atoms with Crippen LogP contribution < -0.4 is 10.6 Å². The van der Waals surface area contributed by atoms with Gasteiger partial charge in [-0.25, -0.2) is 8.78 Å². The summed E-state index contributed by atoms with van der Waals surface area (Å²) in [7, 11) is 1.88. The Bertz CT molecular complexity index is 1330. The highest BCUT2D eigenvalue weighted by molar-refractivity contribution is 5.96. The van der Waals surface area contributed by atoms with Crippen LogP contribution >= 0.6 is 0 Å². The van der Waals surface area contributed by atoms with Crippen molar-refractivity contribution in [1.82, 2.24) is 15.5 Å². The summed E-state index contributed by atoms with van der Waals surface area (Å²) in [6.45, 7) is 8.23. The summed E-state index contributed by atoms with van der Waals surface area (Å²) in [4.78, 5) is 3.11. The topological polar surface area (TPSA) is 86.1 Å². The van der Waals surface area contributed by atoms with E-state index in [1.165, 1.54) is 6.07 Å². The third-order valence-corrected chi connectivity index (χ3v) is 6.23. The zero-order valence-electron chi connectivity index (χ0n) is 20.0. The summed E-state index contributed by atoms with van der Waals surface area (Å²) in [6, 6.07) is 8.68. The van der Waals surface area contributed by atoms with Crippen molar-refractivity contribution in [3.05, 3.63) is 70.7 Å². The second-order valence-electron chi connectivity index (χ2n) is 9.30. The molecule has 2 aromatic heterocycles. The zero-order valence-corrected chi connectivity index (χ0v) is 20.0. The van der Waals surface area contributed by atoms with E-state index in [-0.39, 0.29) is 12.0 Å². The maximum atomic E-state index is 15.3. The van der Waals surface area contributed by atoms with Gasteiger partial charge in [0.15, 0.2) is 0 Å². The van der Waals surface area contributed by atoms with E-state index in [4.69, 9.17) is 4.52 Å². The fourth-order valence-electron chi connectivity index (χ4n) is 4.28. The van der Waals surface area contributed by atoms with Gasteiger partial charge in [0.05, 0.1) is 28.4 Å². The Hall–Kier alpha value is -3.23. The van der Waals surface area contributed by atoms with E-state index in [0.29, 0.717) is 22.3 Å². The third kappa shape index (κ3) is 4.43. The molecule has 0 amide bonds. The van der Waals surface area contributed by atoms with Gasteiger partial charge in [0.2, 0.25) is 0 Å². The second kappa shape index (κ2) is 9.19.